The van der Waals surface area contributed by atoms with Gasteiger partial charge in [0, 0.05) is 18.2 Å². The molecule has 0 saturated carbocycles. The summed E-state index contributed by atoms with van der Waals surface area (Å²) in [6.45, 7) is 0. The van der Waals surface area contributed by atoms with E-state index in [4.69, 9.17) is 25.8 Å². The summed E-state index contributed by atoms with van der Waals surface area (Å²) >= 11 is 9.99. The lowest BCUT2D eigenvalue weighted by atomic mass is 10.0. The topological polar surface area (TPSA) is 45.5 Å². The van der Waals surface area contributed by atoms with E-state index < -0.39 is 0 Å². The molecule has 0 atom stereocenters. The molecular formula is C19H18BrClN2O3. The number of halogens is 2. The molecule has 136 valence electrons. The van der Waals surface area contributed by atoms with Crippen LogP contribution in [0.5, 0.6) is 17.2 Å². The maximum atomic E-state index is 6.50. The summed E-state index contributed by atoms with van der Waals surface area (Å²) in [6.07, 6.45) is 1.76. The summed E-state index contributed by atoms with van der Waals surface area (Å²) in [5.74, 6) is 2.03. The summed E-state index contributed by atoms with van der Waals surface area (Å²) in [4.78, 5) is 4.57. The Morgan fingerprint density at radius 1 is 1.00 bits per heavy atom. The Morgan fingerprint density at radius 2 is 1.65 bits per heavy atom. The Labute approximate surface area is 165 Å². The number of rotatable bonds is 5. The molecular weight excluding hydrogens is 420 g/mol. The van der Waals surface area contributed by atoms with Gasteiger partial charge in [-0.25, -0.2) is 4.98 Å². The van der Waals surface area contributed by atoms with Crippen LogP contribution in [0, 0.1) is 0 Å². The Kier molecular flexibility index (Phi) is 5.44. The first kappa shape index (κ1) is 18.6. The van der Waals surface area contributed by atoms with Crippen molar-refractivity contribution in [1.29, 1.82) is 0 Å². The van der Waals surface area contributed by atoms with Crippen LogP contribution >= 0.6 is 27.5 Å². The number of aromatic nitrogens is 2. The fourth-order valence-corrected chi connectivity index (χ4v) is 3.59. The van der Waals surface area contributed by atoms with E-state index in [-0.39, 0.29) is 0 Å². The minimum atomic E-state index is 0.588. The van der Waals surface area contributed by atoms with Crippen LogP contribution < -0.4 is 14.2 Å². The lowest BCUT2D eigenvalue weighted by Gasteiger charge is -2.13. The summed E-state index contributed by atoms with van der Waals surface area (Å²) in [7, 11) is 6.77. The molecule has 0 amide bonds. The molecule has 0 unspecified atom stereocenters. The quantitative estimate of drug-likeness (QED) is 0.551. The van der Waals surface area contributed by atoms with Gasteiger partial charge < -0.3 is 18.8 Å². The minimum absolute atomic E-state index is 0.588. The Hall–Kier alpha value is -2.18. The summed E-state index contributed by atoms with van der Waals surface area (Å²) < 4.78 is 18.8. The Bertz CT molecular complexity index is 931. The SMILES string of the molecule is COc1ccc(-c2c(-c3cc(OC)c(Br)c(OC)c3)ncn2C)c(Cl)c1. The maximum Gasteiger partial charge on any atom is 0.137 e. The van der Waals surface area contributed by atoms with E-state index >= 15 is 0 Å². The molecule has 3 aromatic rings. The maximum absolute atomic E-state index is 6.50. The zero-order valence-corrected chi connectivity index (χ0v) is 17.2. The standard InChI is InChI=1S/C19H18BrClN2O3/c1-23-10-22-18(11-7-15(25-3)17(20)16(8-11)26-4)19(23)13-6-5-12(24-2)9-14(13)21/h5-10H,1-4H3. The van der Waals surface area contributed by atoms with Crippen molar-refractivity contribution in [1.82, 2.24) is 9.55 Å². The molecule has 5 nitrogen and oxygen atoms in total. The van der Waals surface area contributed by atoms with Crippen LogP contribution in [0.25, 0.3) is 22.5 Å². The molecule has 1 aromatic heterocycles. The van der Waals surface area contributed by atoms with E-state index in [1.165, 1.54) is 0 Å². The van der Waals surface area contributed by atoms with Crippen LogP contribution in [-0.4, -0.2) is 30.9 Å². The van der Waals surface area contributed by atoms with Crippen molar-refractivity contribution < 1.29 is 14.2 Å². The summed E-state index contributed by atoms with van der Waals surface area (Å²) in [6, 6.07) is 9.41. The van der Waals surface area contributed by atoms with Gasteiger partial charge in [-0.3, -0.25) is 0 Å². The van der Waals surface area contributed by atoms with Gasteiger partial charge in [0.1, 0.15) is 21.7 Å². The number of aryl methyl sites for hydroxylation is 1. The monoisotopic (exact) mass is 436 g/mol. The van der Waals surface area contributed by atoms with Crippen molar-refractivity contribution in [2.45, 2.75) is 0 Å². The molecule has 0 spiro atoms. The highest BCUT2D eigenvalue weighted by molar-refractivity contribution is 9.10. The van der Waals surface area contributed by atoms with Crippen LogP contribution in [0.4, 0.5) is 0 Å². The highest BCUT2D eigenvalue weighted by Crippen LogP contribution is 2.42. The first-order valence-corrected chi connectivity index (χ1v) is 8.94. The number of nitrogens with zero attached hydrogens (tertiary/aromatic N) is 2. The van der Waals surface area contributed by atoms with Crippen LogP contribution in [-0.2, 0) is 7.05 Å². The predicted octanol–water partition coefficient (Wildman–Crippen LogP) is 5.20. The van der Waals surface area contributed by atoms with E-state index in [9.17, 15) is 0 Å². The average molecular weight is 438 g/mol. The normalized spacial score (nSPS) is 10.7. The zero-order valence-electron chi connectivity index (χ0n) is 14.8. The molecule has 0 bridgehead atoms. The molecule has 2 aromatic carbocycles. The molecule has 1 heterocycles. The summed E-state index contributed by atoms with van der Waals surface area (Å²) in [5.41, 5.74) is 3.40. The van der Waals surface area contributed by atoms with Gasteiger partial charge in [0.2, 0.25) is 0 Å². The van der Waals surface area contributed by atoms with E-state index in [1.807, 2.05) is 35.9 Å². The lowest BCUT2D eigenvalue weighted by molar-refractivity contribution is 0.390. The second kappa shape index (κ2) is 7.60. The molecule has 0 N–H and O–H groups in total. The number of imidazole rings is 1. The largest absolute Gasteiger partial charge is 0.497 e. The van der Waals surface area contributed by atoms with Gasteiger partial charge in [-0.2, -0.15) is 0 Å². The predicted molar refractivity (Wildman–Crippen MR) is 106 cm³/mol. The van der Waals surface area contributed by atoms with Crippen molar-refractivity contribution >= 4 is 27.5 Å². The average Bonchev–Trinajstić information content (AvgIpc) is 3.03. The van der Waals surface area contributed by atoms with Crippen molar-refractivity contribution in [2.24, 2.45) is 7.05 Å². The molecule has 0 radical (unpaired) electrons. The highest BCUT2D eigenvalue weighted by atomic mass is 79.9. The van der Waals surface area contributed by atoms with E-state index in [1.54, 1.807) is 33.7 Å². The highest BCUT2D eigenvalue weighted by Gasteiger charge is 2.19. The van der Waals surface area contributed by atoms with Crippen molar-refractivity contribution in [3.63, 3.8) is 0 Å². The number of benzene rings is 2. The molecule has 3 rings (SSSR count). The first-order valence-electron chi connectivity index (χ1n) is 7.77. The summed E-state index contributed by atoms with van der Waals surface area (Å²) in [5, 5.41) is 0.588. The van der Waals surface area contributed by atoms with Crippen molar-refractivity contribution in [2.75, 3.05) is 21.3 Å². The fourth-order valence-electron chi connectivity index (χ4n) is 2.78. The number of hydrogen-bond donors (Lipinski definition) is 0. The lowest BCUT2D eigenvalue weighted by Crippen LogP contribution is -1.95. The molecule has 7 heteroatoms. The van der Waals surface area contributed by atoms with E-state index in [0.29, 0.717) is 22.3 Å². The van der Waals surface area contributed by atoms with Gasteiger partial charge in [-0.15, -0.1) is 0 Å². The number of ether oxygens (including phenoxy) is 3. The van der Waals surface area contributed by atoms with Gasteiger partial charge in [0.25, 0.3) is 0 Å². The molecule has 0 aliphatic heterocycles. The third-order valence-corrected chi connectivity index (χ3v) is 5.18. The van der Waals surface area contributed by atoms with Crippen molar-refractivity contribution in [3.8, 4) is 39.8 Å². The van der Waals surface area contributed by atoms with Crippen molar-refractivity contribution in [3.05, 3.63) is 46.2 Å². The molecule has 0 aliphatic carbocycles. The molecule has 0 aliphatic rings. The third-order valence-electron chi connectivity index (χ3n) is 4.09. The first-order chi connectivity index (χ1) is 12.5. The van der Waals surface area contributed by atoms with Crippen LogP contribution in [0.15, 0.2) is 41.1 Å². The second-order valence-corrected chi connectivity index (χ2v) is 6.79. The second-order valence-electron chi connectivity index (χ2n) is 5.59. The third kappa shape index (κ3) is 3.27. The molecule has 0 saturated heterocycles. The fraction of sp³-hybridized carbons (Fsp3) is 0.211. The van der Waals surface area contributed by atoms with Gasteiger partial charge in [0.05, 0.1) is 44.1 Å². The van der Waals surface area contributed by atoms with Crippen LogP contribution in [0.2, 0.25) is 5.02 Å². The Balaban J connectivity index is 2.21. The smallest absolute Gasteiger partial charge is 0.137 e. The van der Waals surface area contributed by atoms with Crippen LogP contribution in [0.1, 0.15) is 0 Å². The minimum Gasteiger partial charge on any atom is -0.497 e. The molecule has 26 heavy (non-hydrogen) atoms. The zero-order chi connectivity index (χ0) is 18.8. The van der Waals surface area contributed by atoms with Gasteiger partial charge >= 0.3 is 0 Å². The van der Waals surface area contributed by atoms with E-state index in [2.05, 4.69) is 20.9 Å². The number of hydrogen-bond acceptors (Lipinski definition) is 4. The molecule has 0 fully saturated rings. The number of methoxy groups -OCH3 is 3. The van der Waals surface area contributed by atoms with Gasteiger partial charge in [0.15, 0.2) is 0 Å². The van der Waals surface area contributed by atoms with Crippen LogP contribution in [0.3, 0.4) is 0 Å². The van der Waals surface area contributed by atoms with Gasteiger partial charge in [-0.05, 0) is 46.3 Å². The van der Waals surface area contributed by atoms with E-state index in [0.717, 1.165) is 27.0 Å². The van der Waals surface area contributed by atoms with Gasteiger partial charge in [-0.1, -0.05) is 11.6 Å². The Morgan fingerprint density at radius 3 is 2.19 bits per heavy atom.